The van der Waals surface area contributed by atoms with Crippen LogP contribution in [0.4, 0.5) is 11.9 Å². The Morgan fingerprint density at radius 1 is 0.970 bits per heavy atom. The van der Waals surface area contributed by atoms with Crippen LogP contribution in [-0.4, -0.2) is 23.2 Å². The Morgan fingerprint density at radius 2 is 1.67 bits per heavy atom. The molecule has 0 saturated carbocycles. The molecule has 3 aromatic carbocycles. The molecule has 0 amide bonds. The van der Waals surface area contributed by atoms with Crippen molar-refractivity contribution in [2.24, 2.45) is 0 Å². The van der Waals surface area contributed by atoms with Gasteiger partial charge in [-0.25, -0.2) is 17.8 Å². The molecule has 0 bridgehead atoms. The van der Waals surface area contributed by atoms with E-state index in [0.29, 0.717) is 11.0 Å². The smallest absolute Gasteiger partial charge is 0.264 e. The van der Waals surface area contributed by atoms with Gasteiger partial charge in [0.15, 0.2) is 0 Å². The Kier molecular flexibility index (Phi) is 5.39. The summed E-state index contributed by atoms with van der Waals surface area (Å²) in [4.78, 5) is 4.56. The largest absolute Gasteiger partial charge is 0.324 e. The van der Waals surface area contributed by atoms with Crippen molar-refractivity contribution >= 4 is 39.2 Å². The van der Waals surface area contributed by atoms with Crippen LogP contribution in [0.5, 0.6) is 0 Å². The number of rotatable bonds is 5. The van der Waals surface area contributed by atoms with Gasteiger partial charge >= 0.3 is 0 Å². The van der Waals surface area contributed by atoms with Crippen LogP contribution in [0.2, 0.25) is 5.02 Å². The van der Waals surface area contributed by atoms with E-state index in [1.165, 1.54) is 12.1 Å². The van der Waals surface area contributed by atoms with Gasteiger partial charge in [0.05, 0.1) is 4.90 Å². The quantitative estimate of drug-likeness (QED) is 0.417. The van der Waals surface area contributed by atoms with Crippen LogP contribution in [0, 0.1) is 6.92 Å². The number of sulfonamides is 1. The maximum Gasteiger partial charge on any atom is 0.264 e. The fourth-order valence-corrected chi connectivity index (χ4v) is 4.86. The number of anilines is 2. The lowest BCUT2D eigenvalue weighted by molar-refractivity contribution is 0.598. The van der Waals surface area contributed by atoms with E-state index in [1.807, 2.05) is 61.5 Å². The first-order valence-electron chi connectivity index (χ1n) is 10.3. The molecule has 33 heavy (non-hydrogen) atoms. The summed E-state index contributed by atoms with van der Waals surface area (Å²) in [6.45, 7) is 2.03. The monoisotopic (exact) mass is 477 g/mol. The topological polar surface area (TPSA) is 88.9 Å². The Bertz CT molecular complexity index is 1450. The summed E-state index contributed by atoms with van der Waals surface area (Å²) < 4.78 is 29.7. The third-order valence-corrected chi connectivity index (χ3v) is 7.02. The predicted octanol–water partition coefficient (Wildman–Crippen LogP) is 5.10. The lowest BCUT2D eigenvalue weighted by Gasteiger charge is -2.25. The van der Waals surface area contributed by atoms with Gasteiger partial charge < -0.3 is 5.32 Å². The van der Waals surface area contributed by atoms with Crippen molar-refractivity contribution in [2.45, 2.75) is 17.9 Å². The fourth-order valence-electron chi connectivity index (χ4n) is 3.65. The number of fused-ring (bicyclic) bond motifs is 1. The zero-order chi connectivity index (χ0) is 23.0. The first kappa shape index (κ1) is 21.2. The highest BCUT2D eigenvalue weighted by molar-refractivity contribution is 7.92. The standard InChI is InChI=1S/C24H20ClN5O2S/c1-16-11-13-17(14-12-16)21-15-22(19-9-5-6-10-20(19)25)30-24(26-21)27-23(28-30)29-33(31,32)18-7-3-2-4-8-18/h2-15,22H,1H3,(H2,26,27,28,29). The molecule has 166 valence electrons. The Balaban J connectivity index is 1.56. The van der Waals surface area contributed by atoms with Gasteiger partial charge in [-0.1, -0.05) is 77.8 Å². The second-order valence-corrected chi connectivity index (χ2v) is 9.75. The molecular weight excluding hydrogens is 458 g/mol. The van der Waals surface area contributed by atoms with E-state index in [1.54, 1.807) is 22.9 Å². The second kappa shape index (κ2) is 8.38. The van der Waals surface area contributed by atoms with Gasteiger partial charge in [-0.2, -0.15) is 4.98 Å². The molecule has 5 rings (SSSR count). The SMILES string of the molecule is Cc1ccc(C2=CC(c3ccccc3Cl)n3nc(NS(=O)(=O)c4ccccc4)nc3N2)cc1. The molecule has 4 aromatic rings. The summed E-state index contributed by atoms with van der Waals surface area (Å²) in [5.74, 6) is 0.376. The van der Waals surface area contributed by atoms with Crippen molar-refractivity contribution in [3.8, 4) is 0 Å². The minimum Gasteiger partial charge on any atom is -0.324 e. The molecule has 1 aromatic heterocycles. The summed E-state index contributed by atoms with van der Waals surface area (Å²) in [6, 6.07) is 23.3. The summed E-state index contributed by atoms with van der Waals surface area (Å²) in [6.07, 6.45) is 2.00. The molecule has 0 radical (unpaired) electrons. The number of nitrogens with zero attached hydrogens (tertiary/aromatic N) is 3. The van der Waals surface area contributed by atoms with Crippen molar-refractivity contribution < 1.29 is 8.42 Å². The third-order valence-electron chi connectivity index (χ3n) is 5.33. The van der Waals surface area contributed by atoms with Crippen molar-refractivity contribution in [3.63, 3.8) is 0 Å². The maximum atomic E-state index is 12.8. The molecule has 2 N–H and O–H groups in total. The van der Waals surface area contributed by atoms with Gasteiger partial charge in [0, 0.05) is 10.7 Å². The highest BCUT2D eigenvalue weighted by atomic mass is 35.5. The van der Waals surface area contributed by atoms with Crippen LogP contribution in [0.15, 0.2) is 89.8 Å². The number of benzene rings is 3. The van der Waals surface area contributed by atoms with E-state index in [-0.39, 0.29) is 16.9 Å². The summed E-state index contributed by atoms with van der Waals surface area (Å²) >= 11 is 6.51. The first-order chi connectivity index (χ1) is 15.9. The minimum absolute atomic E-state index is 0.0306. The number of nitrogens with one attached hydrogen (secondary N) is 2. The first-order valence-corrected chi connectivity index (χ1v) is 12.1. The van der Waals surface area contributed by atoms with Gasteiger partial charge in [-0.3, -0.25) is 0 Å². The number of aromatic nitrogens is 3. The van der Waals surface area contributed by atoms with Crippen LogP contribution in [0.1, 0.15) is 22.7 Å². The zero-order valence-corrected chi connectivity index (χ0v) is 19.2. The zero-order valence-electron chi connectivity index (χ0n) is 17.6. The average molecular weight is 478 g/mol. The van der Waals surface area contributed by atoms with Crippen molar-refractivity contribution in [2.75, 3.05) is 10.0 Å². The third kappa shape index (κ3) is 4.22. The number of allylic oxidation sites excluding steroid dienone is 1. The Labute approximate surface area is 196 Å². The highest BCUT2D eigenvalue weighted by Gasteiger charge is 2.28. The normalized spacial score (nSPS) is 15.3. The molecule has 9 heteroatoms. The van der Waals surface area contributed by atoms with E-state index in [9.17, 15) is 8.42 Å². The van der Waals surface area contributed by atoms with Gasteiger partial charge in [0.25, 0.3) is 16.0 Å². The lowest BCUT2D eigenvalue weighted by Crippen LogP contribution is -2.20. The molecule has 1 aliphatic rings. The van der Waals surface area contributed by atoms with Crippen molar-refractivity contribution in [1.29, 1.82) is 0 Å². The van der Waals surface area contributed by atoms with Crippen LogP contribution in [-0.2, 0) is 10.0 Å². The van der Waals surface area contributed by atoms with E-state index in [0.717, 1.165) is 22.4 Å². The molecule has 1 unspecified atom stereocenters. The molecule has 0 aliphatic carbocycles. The second-order valence-electron chi connectivity index (χ2n) is 7.66. The Hall–Kier alpha value is -3.62. The van der Waals surface area contributed by atoms with Gasteiger partial charge in [-0.05, 0) is 42.3 Å². The molecule has 1 aliphatic heterocycles. The summed E-state index contributed by atoms with van der Waals surface area (Å²) in [7, 11) is -3.83. The molecule has 0 saturated heterocycles. The number of hydrogen-bond donors (Lipinski definition) is 2. The molecule has 0 fully saturated rings. The van der Waals surface area contributed by atoms with Gasteiger partial charge in [-0.15, -0.1) is 5.10 Å². The van der Waals surface area contributed by atoms with E-state index < -0.39 is 10.0 Å². The van der Waals surface area contributed by atoms with Crippen LogP contribution in [0.3, 0.4) is 0 Å². The van der Waals surface area contributed by atoms with Gasteiger partial charge in [0.1, 0.15) is 6.04 Å². The van der Waals surface area contributed by atoms with Crippen molar-refractivity contribution in [1.82, 2.24) is 14.8 Å². The highest BCUT2D eigenvalue weighted by Crippen LogP contribution is 2.36. The van der Waals surface area contributed by atoms with Crippen molar-refractivity contribution in [3.05, 3.63) is 107 Å². The lowest BCUT2D eigenvalue weighted by atomic mass is 10.0. The minimum atomic E-state index is -3.83. The fraction of sp³-hybridized carbons (Fsp3) is 0.0833. The van der Waals surface area contributed by atoms with Crippen LogP contribution < -0.4 is 10.0 Å². The van der Waals surface area contributed by atoms with Gasteiger partial charge in [0.2, 0.25) is 5.95 Å². The summed E-state index contributed by atoms with van der Waals surface area (Å²) in [5, 5.41) is 8.30. The number of aryl methyl sites for hydroxylation is 1. The molecule has 2 heterocycles. The summed E-state index contributed by atoms with van der Waals surface area (Å²) in [5.41, 5.74) is 3.78. The number of halogens is 1. The van der Waals surface area contributed by atoms with Crippen LogP contribution >= 0.6 is 11.6 Å². The van der Waals surface area contributed by atoms with Crippen LogP contribution in [0.25, 0.3) is 5.70 Å². The molecule has 0 spiro atoms. The maximum absolute atomic E-state index is 12.8. The molecule has 1 atom stereocenters. The average Bonchev–Trinajstić information content (AvgIpc) is 3.21. The van der Waals surface area contributed by atoms with E-state index >= 15 is 0 Å². The predicted molar refractivity (Wildman–Crippen MR) is 130 cm³/mol. The molecular formula is C24H20ClN5O2S. The Morgan fingerprint density at radius 3 is 2.39 bits per heavy atom. The molecule has 7 nitrogen and oxygen atoms in total. The number of hydrogen-bond acceptors (Lipinski definition) is 5. The van der Waals surface area contributed by atoms with E-state index in [4.69, 9.17) is 11.6 Å². The van der Waals surface area contributed by atoms with E-state index in [2.05, 4.69) is 20.1 Å².